The van der Waals surface area contributed by atoms with Crippen molar-refractivity contribution in [2.24, 2.45) is 0 Å². The molecule has 150 valence electrons. The van der Waals surface area contributed by atoms with Crippen LogP contribution < -0.4 is 10.5 Å². The summed E-state index contributed by atoms with van der Waals surface area (Å²) in [6.45, 7) is 3.40. The molecule has 0 amide bonds. The summed E-state index contributed by atoms with van der Waals surface area (Å²) in [6, 6.07) is 4.93. The Morgan fingerprint density at radius 3 is 2.35 bits per heavy atom. The monoisotopic (exact) mass is 394 g/mol. The Morgan fingerprint density at radius 1 is 1.23 bits per heavy atom. The van der Waals surface area contributed by atoms with E-state index in [1.54, 1.807) is 18.2 Å². The quantitative estimate of drug-likeness (QED) is 0.308. The van der Waals surface area contributed by atoms with Crippen molar-refractivity contribution in [2.75, 3.05) is 39.1 Å². The summed E-state index contributed by atoms with van der Waals surface area (Å²) in [5, 5.41) is 0. The van der Waals surface area contributed by atoms with Gasteiger partial charge in [-0.05, 0) is 38.1 Å². The largest absolute Gasteiger partial charge is 0.496 e. The Labute approximate surface area is 152 Å². The van der Waals surface area contributed by atoms with Crippen LogP contribution in [0.2, 0.25) is 0 Å². The maximum absolute atomic E-state index is 12.0. The van der Waals surface area contributed by atoms with Crippen LogP contribution in [-0.2, 0) is 9.30 Å². The third-order valence-corrected chi connectivity index (χ3v) is 3.53. The summed E-state index contributed by atoms with van der Waals surface area (Å²) >= 11 is 0. The summed E-state index contributed by atoms with van der Waals surface area (Å²) in [5.74, 6) is 0.0897. The molecule has 1 aromatic carbocycles. The lowest BCUT2D eigenvalue weighted by Crippen LogP contribution is -2.33. The number of nitrogen functional groups attached to an aromatic ring is 1. The standard InChI is InChI=1S/C15H22N2O3.H3O4P.H2O/c1-19-14-11-12(16)5-6-13(14)15(18)20-10-9-17-7-3-2-4-8-17;1-5(2,3)4;/h5-6,11H,2-4,7-10,16H2,1H3;(H3,1,2,3,4);1H2. The molecule has 7 N–H and O–H groups in total. The van der Waals surface area contributed by atoms with E-state index in [0.29, 0.717) is 23.6 Å². The number of carbonyl (C=O) groups excluding carboxylic acids is 1. The fourth-order valence-corrected chi connectivity index (χ4v) is 2.40. The first-order valence-corrected chi connectivity index (χ1v) is 9.38. The van der Waals surface area contributed by atoms with Gasteiger partial charge < -0.3 is 35.4 Å². The molecule has 0 bridgehead atoms. The fraction of sp³-hybridized carbons (Fsp3) is 0.533. The second-order valence-corrected chi connectivity index (χ2v) is 6.54. The molecule has 0 saturated carbocycles. The van der Waals surface area contributed by atoms with E-state index in [9.17, 15) is 4.79 Å². The third-order valence-electron chi connectivity index (χ3n) is 3.53. The minimum absolute atomic E-state index is 0. The number of hydrogen-bond acceptors (Lipinski definition) is 6. The van der Waals surface area contributed by atoms with Gasteiger partial charge in [-0.15, -0.1) is 0 Å². The van der Waals surface area contributed by atoms with E-state index in [2.05, 4.69) is 4.90 Å². The van der Waals surface area contributed by atoms with Gasteiger partial charge in [0, 0.05) is 18.3 Å². The molecule has 2 rings (SSSR count). The predicted molar refractivity (Wildman–Crippen MR) is 95.9 cm³/mol. The number of esters is 1. The van der Waals surface area contributed by atoms with Crippen molar-refractivity contribution in [1.82, 2.24) is 4.90 Å². The highest BCUT2D eigenvalue weighted by atomic mass is 31.2. The van der Waals surface area contributed by atoms with Crippen LogP contribution in [0.15, 0.2) is 18.2 Å². The van der Waals surface area contributed by atoms with Crippen LogP contribution in [0.4, 0.5) is 5.69 Å². The molecule has 0 unspecified atom stereocenters. The van der Waals surface area contributed by atoms with Crippen LogP contribution in [0, 0.1) is 0 Å². The number of benzene rings is 1. The molecule has 10 nitrogen and oxygen atoms in total. The lowest BCUT2D eigenvalue weighted by Gasteiger charge is -2.25. The summed E-state index contributed by atoms with van der Waals surface area (Å²) in [6.07, 6.45) is 3.78. The number of nitrogens with zero attached hydrogens (tertiary/aromatic N) is 1. The number of ether oxygens (including phenoxy) is 2. The number of carbonyl (C=O) groups is 1. The third kappa shape index (κ3) is 10.3. The van der Waals surface area contributed by atoms with Gasteiger partial charge in [-0.25, -0.2) is 9.36 Å². The van der Waals surface area contributed by atoms with E-state index in [1.165, 1.54) is 26.4 Å². The number of anilines is 1. The van der Waals surface area contributed by atoms with Crippen molar-refractivity contribution in [2.45, 2.75) is 19.3 Å². The highest BCUT2D eigenvalue weighted by Crippen LogP contribution is 2.25. The number of phosphoric acid groups is 1. The Bertz CT molecular complexity index is 593. The van der Waals surface area contributed by atoms with Crippen LogP contribution in [0.5, 0.6) is 5.75 Å². The average Bonchev–Trinajstić information content (AvgIpc) is 2.54. The maximum atomic E-state index is 12.0. The molecule has 1 fully saturated rings. The van der Waals surface area contributed by atoms with Crippen molar-refractivity contribution in [3.05, 3.63) is 23.8 Å². The maximum Gasteiger partial charge on any atom is 0.466 e. The van der Waals surface area contributed by atoms with Crippen LogP contribution in [-0.4, -0.2) is 64.4 Å². The van der Waals surface area contributed by atoms with Gasteiger partial charge in [0.25, 0.3) is 0 Å². The SMILES string of the molecule is COc1cc(N)ccc1C(=O)OCCN1CCCCC1.O.O=P(O)(O)O. The summed E-state index contributed by atoms with van der Waals surface area (Å²) in [4.78, 5) is 35.9. The Morgan fingerprint density at radius 2 is 1.81 bits per heavy atom. The van der Waals surface area contributed by atoms with Crippen molar-refractivity contribution in [3.63, 3.8) is 0 Å². The first-order chi connectivity index (χ1) is 11.7. The number of methoxy groups -OCH3 is 1. The predicted octanol–water partition coefficient (Wildman–Crippen LogP) is 0.167. The van der Waals surface area contributed by atoms with E-state index in [-0.39, 0.29) is 11.4 Å². The average molecular weight is 394 g/mol. The number of piperidine rings is 1. The highest BCUT2D eigenvalue weighted by Gasteiger charge is 2.15. The molecule has 1 aliphatic rings. The van der Waals surface area contributed by atoms with E-state index in [1.807, 2.05) is 0 Å². The molecular weight excluding hydrogens is 367 g/mol. The van der Waals surface area contributed by atoms with Crippen molar-refractivity contribution >= 4 is 19.5 Å². The molecule has 1 aliphatic heterocycles. The highest BCUT2D eigenvalue weighted by molar-refractivity contribution is 7.45. The van der Waals surface area contributed by atoms with Gasteiger partial charge >= 0.3 is 13.8 Å². The van der Waals surface area contributed by atoms with Crippen LogP contribution >= 0.6 is 7.82 Å². The first-order valence-electron chi connectivity index (χ1n) is 7.82. The first kappa shape index (κ1) is 24.3. The smallest absolute Gasteiger partial charge is 0.466 e. The lowest BCUT2D eigenvalue weighted by atomic mass is 10.1. The Hall–Kier alpha value is -1.68. The van der Waals surface area contributed by atoms with Crippen LogP contribution in [0.25, 0.3) is 0 Å². The fourth-order valence-electron chi connectivity index (χ4n) is 2.40. The van der Waals surface area contributed by atoms with Gasteiger partial charge in [0.15, 0.2) is 0 Å². The van der Waals surface area contributed by atoms with E-state index in [0.717, 1.165) is 19.6 Å². The molecule has 1 aromatic rings. The summed E-state index contributed by atoms with van der Waals surface area (Å²) < 4.78 is 19.3. The number of likely N-dealkylation sites (tertiary alicyclic amines) is 1. The summed E-state index contributed by atoms with van der Waals surface area (Å²) in [7, 11) is -3.13. The van der Waals surface area contributed by atoms with Crippen LogP contribution in [0.1, 0.15) is 29.6 Å². The van der Waals surface area contributed by atoms with Gasteiger partial charge in [-0.3, -0.25) is 4.90 Å². The van der Waals surface area contributed by atoms with Gasteiger partial charge in [-0.2, -0.15) is 0 Å². The molecule has 0 atom stereocenters. The van der Waals surface area contributed by atoms with E-state index < -0.39 is 7.82 Å². The molecule has 26 heavy (non-hydrogen) atoms. The molecule has 0 aromatic heterocycles. The number of rotatable bonds is 5. The zero-order valence-corrected chi connectivity index (χ0v) is 15.5. The van der Waals surface area contributed by atoms with Gasteiger partial charge in [0.05, 0.1) is 7.11 Å². The molecule has 11 heteroatoms. The molecule has 0 spiro atoms. The van der Waals surface area contributed by atoms with Gasteiger partial charge in [-0.1, -0.05) is 6.42 Å². The molecule has 1 heterocycles. The molecule has 0 radical (unpaired) electrons. The zero-order valence-electron chi connectivity index (χ0n) is 14.6. The van der Waals surface area contributed by atoms with E-state index >= 15 is 0 Å². The van der Waals surface area contributed by atoms with Crippen molar-refractivity contribution < 1.29 is 39.0 Å². The minimum atomic E-state index is -4.64. The second kappa shape index (κ2) is 11.8. The second-order valence-electron chi connectivity index (χ2n) is 5.51. The molecular formula is C15H27N2O8P. The van der Waals surface area contributed by atoms with Crippen molar-refractivity contribution in [1.29, 1.82) is 0 Å². The van der Waals surface area contributed by atoms with E-state index in [4.69, 9.17) is 34.5 Å². The topological polar surface area (TPSA) is 174 Å². The van der Waals surface area contributed by atoms with Gasteiger partial charge in [0.1, 0.15) is 17.9 Å². The normalized spacial score (nSPS) is 14.5. The summed E-state index contributed by atoms with van der Waals surface area (Å²) in [5.41, 5.74) is 6.64. The molecule has 1 saturated heterocycles. The molecule has 0 aliphatic carbocycles. The Kier molecular flexibility index (Phi) is 11.1. The zero-order chi connectivity index (χ0) is 18.9. The lowest BCUT2D eigenvalue weighted by molar-refractivity contribution is 0.0448. The van der Waals surface area contributed by atoms with Crippen molar-refractivity contribution in [3.8, 4) is 5.75 Å². The Balaban J connectivity index is 0.000000923. The number of hydrogen-bond donors (Lipinski definition) is 4. The van der Waals surface area contributed by atoms with Gasteiger partial charge in [0.2, 0.25) is 0 Å². The van der Waals surface area contributed by atoms with Crippen LogP contribution in [0.3, 0.4) is 0 Å². The number of nitrogens with two attached hydrogens (primary N) is 1. The minimum Gasteiger partial charge on any atom is -0.496 e.